The standard InChI is InChI=1S/C25H29N3O/c1-18(2)19-6-8-22(9-7-19)28(3)23-10-11-24-20(12-14-29-25(24)15-23)16-27-21-5-4-13-26-17-21/h4-11,13,15,17-18,20,27H,12,14,16H2,1-3H3. The van der Waals surface area contributed by atoms with Crippen molar-refractivity contribution in [3.8, 4) is 5.75 Å². The summed E-state index contributed by atoms with van der Waals surface area (Å²) in [5.41, 5.74) is 6.02. The quantitative estimate of drug-likeness (QED) is 0.567. The lowest BCUT2D eigenvalue weighted by molar-refractivity contribution is 0.270. The maximum atomic E-state index is 6.02. The summed E-state index contributed by atoms with van der Waals surface area (Å²) in [7, 11) is 2.11. The monoisotopic (exact) mass is 387 g/mol. The van der Waals surface area contributed by atoms with Crippen molar-refractivity contribution in [1.82, 2.24) is 4.98 Å². The molecule has 29 heavy (non-hydrogen) atoms. The number of hydrogen-bond acceptors (Lipinski definition) is 4. The molecule has 0 fully saturated rings. The van der Waals surface area contributed by atoms with Gasteiger partial charge in [0.1, 0.15) is 5.75 Å². The Morgan fingerprint density at radius 2 is 1.90 bits per heavy atom. The summed E-state index contributed by atoms with van der Waals surface area (Å²) in [5, 5.41) is 3.50. The molecular formula is C25H29N3O. The minimum Gasteiger partial charge on any atom is -0.493 e. The minimum absolute atomic E-state index is 0.434. The molecule has 0 spiro atoms. The zero-order valence-electron chi connectivity index (χ0n) is 17.4. The summed E-state index contributed by atoms with van der Waals surface area (Å²) in [6.07, 6.45) is 4.68. The van der Waals surface area contributed by atoms with Crippen LogP contribution in [0.1, 0.15) is 43.2 Å². The van der Waals surface area contributed by atoms with E-state index in [1.165, 1.54) is 16.8 Å². The number of hydrogen-bond donors (Lipinski definition) is 1. The van der Waals surface area contributed by atoms with Gasteiger partial charge in [0.15, 0.2) is 0 Å². The summed E-state index contributed by atoms with van der Waals surface area (Å²) in [4.78, 5) is 6.39. The van der Waals surface area contributed by atoms with Crippen molar-refractivity contribution in [2.45, 2.75) is 32.1 Å². The van der Waals surface area contributed by atoms with Crippen LogP contribution in [0.25, 0.3) is 0 Å². The van der Waals surface area contributed by atoms with Crippen LogP contribution in [0.3, 0.4) is 0 Å². The number of fused-ring (bicyclic) bond motifs is 1. The Labute approximate surface area is 173 Å². The van der Waals surface area contributed by atoms with Gasteiger partial charge in [-0.25, -0.2) is 0 Å². The average molecular weight is 388 g/mol. The van der Waals surface area contributed by atoms with Crippen LogP contribution in [0.4, 0.5) is 17.1 Å². The van der Waals surface area contributed by atoms with E-state index in [1.807, 2.05) is 12.3 Å². The van der Waals surface area contributed by atoms with Crippen LogP contribution < -0.4 is 15.0 Å². The minimum atomic E-state index is 0.434. The number of nitrogens with one attached hydrogen (secondary N) is 1. The fourth-order valence-electron chi connectivity index (χ4n) is 3.81. The normalized spacial score (nSPS) is 15.5. The third kappa shape index (κ3) is 4.37. The van der Waals surface area contributed by atoms with Crippen molar-refractivity contribution in [2.24, 2.45) is 0 Å². The fraction of sp³-hybridized carbons (Fsp3) is 0.320. The van der Waals surface area contributed by atoms with Gasteiger partial charge in [0.05, 0.1) is 12.3 Å². The molecule has 1 unspecified atom stereocenters. The zero-order chi connectivity index (χ0) is 20.2. The lowest BCUT2D eigenvalue weighted by Gasteiger charge is -2.28. The van der Waals surface area contributed by atoms with Crippen LogP contribution in [0.2, 0.25) is 0 Å². The fourth-order valence-corrected chi connectivity index (χ4v) is 3.81. The third-order valence-electron chi connectivity index (χ3n) is 5.71. The number of ether oxygens (including phenoxy) is 1. The van der Waals surface area contributed by atoms with E-state index in [-0.39, 0.29) is 0 Å². The molecule has 4 nitrogen and oxygen atoms in total. The van der Waals surface area contributed by atoms with Crippen molar-refractivity contribution >= 4 is 17.1 Å². The maximum absolute atomic E-state index is 6.02. The lowest BCUT2D eigenvalue weighted by Crippen LogP contribution is -2.21. The third-order valence-corrected chi connectivity index (χ3v) is 5.71. The Hall–Kier alpha value is -3.01. The average Bonchev–Trinajstić information content (AvgIpc) is 2.77. The van der Waals surface area contributed by atoms with Gasteiger partial charge in [0.2, 0.25) is 0 Å². The van der Waals surface area contributed by atoms with Crippen LogP contribution in [0.5, 0.6) is 5.75 Å². The first-order valence-corrected chi connectivity index (χ1v) is 10.4. The molecule has 4 heteroatoms. The predicted octanol–water partition coefficient (Wildman–Crippen LogP) is 5.95. The van der Waals surface area contributed by atoms with Gasteiger partial charge in [-0.2, -0.15) is 0 Å². The Kier molecular flexibility index (Phi) is 5.70. The van der Waals surface area contributed by atoms with Crippen LogP contribution in [0, 0.1) is 0 Å². The SMILES string of the molecule is CC(C)c1ccc(N(C)c2ccc3c(c2)OCCC3CNc2cccnc2)cc1. The Balaban J connectivity index is 1.50. The summed E-state index contributed by atoms with van der Waals surface area (Å²) < 4.78 is 6.02. The molecule has 1 aliphatic heterocycles. The number of anilines is 3. The molecule has 2 aromatic carbocycles. The molecule has 2 heterocycles. The number of nitrogens with zero attached hydrogens (tertiary/aromatic N) is 2. The van der Waals surface area contributed by atoms with Crippen molar-refractivity contribution in [1.29, 1.82) is 0 Å². The molecule has 1 N–H and O–H groups in total. The molecule has 3 aromatic rings. The number of pyridine rings is 1. The van der Waals surface area contributed by atoms with E-state index in [1.54, 1.807) is 6.20 Å². The van der Waals surface area contributed by atoms with Crippen LogP contribution in [-0.2, 0) is 0 Å². The Bertz CT molecular complexity index is 938. The highest BCUT2D eigenvalue weighted by Crippen LogP contribution is 2.38. The highest BCUT2D eigenvalue weighted by atomic mass is 16.5. The van der Waals surface area contributed by atoms with Crippen molar-refractivity contribution in [3.63, 3.8) is 0 Å². The molecule has 0 bridgehead atoms. The van der Waals surface area contributed by atoms with Crippen LogP contribution in [0.15, 0.2) is 67.0 Å². The van der Waals surface area contributed by atoms with Crippen LogP contribution in [-0.4, -0.2) is 25.2 Å². The first kappa shape index (κ1) is 19.3. The molecule has 0 saturated carbocycles. The van der Waals surface area contributed by atoms with E-state index in [0.29, 0.717) is 11.8 Å². The van der Waals surface area contributed by atoms with Crippen molar-refractivity contribution in [3.05, 3.63) is 78.1 Å². The molecule has 0 saturated heterocycles. The number of benzene rings is 2. The molecule has 4 rings (SSSR count). The first-order valence-electron chi connectivity index (χ1n) is 10.4. The lowest BCUT2D eigenvalue weighted by atomic mass is 9.92. The smallest absolute Gasteiger partial charge is 0.124 e. The molecule has 1 aromatic heterocycles. The molecule has 0 aliphatic carbocycles. The van der Waals surface area contributed by atoms with Gasteiger partial charge in [-0.15, -0.1) is 0 Å². The molecular weight excluding hydrogens is 358 g/mol. The topological polar surface area (TPSA) is 37.4 Å². The highest BCUT2D eigenvalue weighted by Gasteiger charge is 2.22. The second-order valence-corrected chi connectivity index (χ2v) is 7.98. The number of aromatic nitrogens is 1. The largest absolute Gasteiger partial charge is 0.493 e. The van der Waals surface area contributed by atoms with E-state index >= 15 is 0 Å². The predicted molar refractivity (Wildman–Crippen MR) is 121 cm³/mol. The van der Waals surface area contributed by atoms with Gasteiger partial charge in [-0.1, -0.05) is 32.0 Å². The van der Waals surface area contributed by atoms with E-state index in [4.69, 9.17) is 4.74 Å². The highest BCUT2D eigenvalue weighted by molar-refractivity contribution is 5.65. The van der Waals surface area contributed by atoms with Gasteiger partial charge >= 0.3 is 0 Å². The van der Waals surface area contributed by atoms with Crippen LogP contribution >= 0.6 is 0 Å². The summed E-state index contributed by atoms with van der Waals surface area (Å²) in [5.74, 6) is 1.98. The van der Waals surface area contributed by atoms with Gasteiger partial charge in [0.25, 0.3) is 0 Å². The zero-order valence-corrected chi connectivity index (χ0v) is 17.4. The van der Waals surface area contributed by atoms with E-state index in [9.17, 15) is 0 Å². The Morgan fingerprint density at radius 1 is 1.10 bits per heavy atom. The summed E-state index contributed by atoms with van der Waals surface area (Å²) in [6, 6.07) is 19.4. The molecule has 0 radical (unpaired) electrons. The first-order chi connectivity index (χ1) is 14.1. The number of rotatable bonds is 6. The second-order valence-electron chi connectivity index (χ2n) is 7.98. The van der Waals surface area contributed by atoms with E-state index in [0.717, 1.165) is 36.7 Å². The van der Waals surface area contributed by atoms with Crippen molar-refractivity contribution < 1.29 is 4.74 Å². The maximum Gasteiger partial charge on any atom is 0.124 e. The second kappa shape index (κ2) is 8.56. The molecule has 1 atom stereocenters. The summed E-state index contributed by atoms with van der Waals surface area (Å²) in [6.45, 7) is 6.08. The van der Waals surface area contributed by atoms with E-state index < -0.39 is 0 Å². The summed E-state index contributed by atoms with van der Waals surface area (Å²) >= 11 is 0. The molecule has 0 amide bonds. The van der Waals surface area contributed by atoms with Gasteiger partial charge in [-0.05, 0) is 53.8 Å². The van der Waals surface area contributed by atoms with Crippen molar-refractivity contribution in [2.75, 3.05) is 30.4 Å². The molecule has 150 valence electrons. The van der Waals surface area contributed by atoms with Gasteiger partial charge in [-0.3, -0.25) is 4.98 Å². The molecule has 1 aliphatic rings. The Morgan fingerprint density at radius 3 is 2.62 bits per heavy atom. The van der Waals surface area contributed by atoms with Gasteiger partial charge < -0.3 is 15.0 Å². The van der Waals surface area contributed by atoms with Gasteiger partial charge in [0, 0.05) is 49.3 Å². The van der Waals surface area contributed by atoms with E-state index in [2.05, 4.69) is 84.6 Å².